The van der Waals surface area contributed by atoms with Crippen molar-refractivity contribution < 1.29 is 4.74 Å². The minimum atomic E-state index is -0.646. The Kier molecular flexibility index (Phi) is 4.94. The van der Waals surface area contributed by atoms with E-state index in [0.29, 0.717) is 0 Å². The van der Waals surface area contributed by atoms with Crippen LogP contribution in [0.4, 0.5) is 0 Å². The molecule has 0 aliphatic carbocycles. The van der Waals surface area contributed by atoms with Crippen LogP contribution in [0.25, 0.3) is 0 Å². The van der Waals surface area contributed by atoms with Gasteiger partial charge in [0, 0.05) is 0 Å². The molecule has 0 radical (unpaired) electrons. The Bertz CT molecular complexity index is 627. The predicted octanol–water partition coefficient (Wildman–Crippen LogP) is 5.74. The Morgan fingerprint density at radius 1 is 0.652 bits per heavy atom. The van der Waals surface area contributed by atoms with Crippen molar-refractivity contribution in [2.75, 3.05) is 0 Å². The summed E-state index contributed by atoms with van der Waals surface area (Å²) in [6.45, 7) is 2.00. The van der Waals surface area contributed by atoms with Crippen molar-refractivity contribution in [3.05, 3.63) is 108 Å². The van der Waals surface area contributed by atoms with E-state index in [2.05, 4.69) is 88.7 Å². The lowest BCUT2D eigenvalue weighted by Crippen LogP contribution is -2.34. The first-order chi connectivity index (χ1) is 11.2. The van der Waals surface area contributed by atoms with Crippen LogP contribution in [-0.2, 0) is 10.3 Å². The van der Waals surface area contributed by atoms with Crippen LogP contribution < -0.4 is 0 Å². The van der Waals surface area contributed by atoms with Crippen molar-refractivity contribution in [1.29, 1.82) is 0 Å². The van der Waals surface area contributed by atoms with Crippen molar-refractivity contribution in [2.24, 2.45) is 0 Å². The number of halogens is 1. The summed E-state index contributed by atoms with van der Waals surface area (Å²) in [5.41, 5.74) is 2.70. The summed E-state index contributed by atoms with van der Waals surface area (Å²) in [4.78, 5) is 0. The molecule has 3 aromatic carbocycles. The smallest absolute Gasteiger partial charge is 0.145 e. The van der Waals surface area contributed by atoms with Gasteiger partial charge in [-0.1, -0.05) is 107 Å². The number of hydrogen-bond acceptors (Lipinski definition) is 1. The number of hydrogen-bond donors (Lipinski definition) is 0. The second-order valence-electron chi connectivity index (χ2n) is 5.44. The first kappa shape index (κ1) is 16.0. The molecule has 1 unspecified atom stereocenters. The average Bonchev–Trinajstić information content (AvgIpc) is 2.62. The Hall–Kier alpha value is -1.90. The van der Waals surface area contributed by atoms with Crippen LogP contribution in [0, 0.1) is 0 Å². The Morgan fingerprint density at radius 3 is 1.22 bits per heavy atom. The maximum atomic E-state index is 6.51. The Balaban J connectivity index is 2.30. The van der Waals surface area contributed by atoms with Gasteiger partial charge < -0.3 is 4.74 Å². The van der Waals surface area contributed by atoms with Crippen LogP contribution in [0.15, 0.2) is 91.0 Å². The molecule has 0 N–H and O–H groups in total. The highest BCUT2D eigenvalue weighted by molar-refractivity contribution is 9.09. The number of ether oxygens (including phenoxy) is 1. The van der Waals surface area contributed by atoms with Gasteiger partial charge in [-0.3, -0.25) is 0 Å². The van der Waals surface area contributed by atoms with Gasteiger partial charge in [-0.25, -0.2) is 0 Å². The topological polar surface area (TPSA) is 9.23 Å². The van der Waals surface area contributed by atoms with Gasteiger partial charge in [-0.05, 0) is 23.6 Å². The highest BCUT2D eigenvalue weighted by Crippen LogP contribution is 2.41. The molecule has 0 fully saturated rings. The standard InChI is InChI=1S/C21H19BrO/c1-17(22)23-21(18-11-5-2-6-12-18,19-13-7-3-8-14-19)20-15-9-4-10-16-20/h2-17H,1H3. The van der Waals surface area contributed by atoms with Gasteiger partial charge in [-0.15, -0.1) is 0 Å². The zero-order valence-corrected chi connectivity index (χ0v) is 14.6. The summed E-state index contributed by atoms with van der Waals surface area (Å²) in [6.07, 6.45) is 0. The van der Waals surface area contributed by atoms with Crippen molar-refractivity contribution in [2.45, 2.75) is 17.5 Å². The van der Waals surface area contributed by atoms with E-state index in [1.165, 1.54) is 0 Å². The predicted molar refractivity (Wildman–Crippen MR) is 98.7 cm³/mol. The average molecular weight is 367 g/mol. The minimum Gasteiger partial charge on any atom is -0.347 e. The monoisotopic (exact) mass is 366 g/mol. The van der Waals surface area contributed by atoms with E-state index in [4.69, 9.17) is 4.74 Å². The molecule has 3 rings (SSSR count). The van der Waals surface area contributed by atoms with Crippen LogP contribution >= 0.6 is 15.9 Å². The van der Waals surface area contributed by atoms with Crippen LogP contribution in [0.2, 0.25) is 0 Å². The normalized spacial score (nSPS) is 12.8. The third kappa shape index (κ3) is 3.24. The summed E-state index contributed by atoms with van der Waals surface area (Å²) in [5, 5.41) is -0.0943. The molecule has 1 atom stereocenters. The number of alkyl halides is 1. The van der Waals surface area contributed by atoms with Gasteiger partial charge in [0.15, 0.2) is 0 Å². The zero-order valence-electron chi connectivity index (χ0n) is 13.0. The molecule has 0 aromatic heterocycles. The van der Waals surface area contributed by atoms with Crippen LogP contribution in [0.3, 0.4) is 0 Å². The van der Waals surface area contributed by atoms with E-state index in [9.17, 15) is 0 Å². The molecule has 0 saturated heterocycles. The number of benzene rings is 3. The first-order valence-corrected chi connectivity index (χ1v) is 8.63. The zero-order chi connectivity index (χ0) is 16.1. The fourth-order valence-corrected chi connectivity index (χ4v) is 3.25. The third-order valence-electron chi connectivity index (χ3n) is 3.88. The van der Waals surface area contributed by atoms with Gasteiger partial charge in [0.25, 0.3) is 0 Å². The van der Waals surface area contributed by atoms with Gasteiger partial charge in [-0.2, -0.15) is 0 Å². The minimum absolute atomic E-state index is 0.0943. The van der Waals surface area contributed by atoms with E-state index in [1.54, 1.807) is 0 Å². The second kappa shape index (κ2) is 7.12. The van der Waals surface area contributed by atoms with E-state index < -0.39 is 5.60 Å². The largest absolute Gasteiger partial charge is 0.347 e. The maximum absolute atomic E-state index is 6.51. The Labute approximate surface area is 146 Å². The SMILES string of the molecule is CC(Br)OC(c1ccccc1)(c1ccccc1)c1ccccc1. The highest BCUT2D eigenvalue weighted by Gasteiger charge is 2.38. The molecular weight excluding hydrogens is 348 g/mol. The van der Waals surface area contributed by atoms with Gasteiger partial charge in [0.05, 0.1) is 0 Å². The van der Waals surface area contributed by atoms with Crippen molar-refractivity contribution >= 4 is 15.9 Å². The molecule has 0 heterocycles. The third-order valence-corrected chi connectivity index (χ3v) is 4.07. The van der Waals surface area contributed by atoms with E-state index in [-0.39, 0.29) is 5.01 Å². The fourth-order valence-electron chi connectivity index (χ4n) is 2.97. The molecular formula is C21H19BrO. The summed E-state index contributed by atoms with van der Waals surface area (Å²) in [7, 11) is 0. The fraction of sp³-hybridized carbons (Fsp3) is 0.143. The molecule has 0 aliphatic rings. The van der Waals surface area contributed by atoms with Gasteiger partial charge >= 0.3 is 0 Å². The van der Waals surface area contributed by atoms with Crippen LogP contribution in [0.5, 0.6) is 0 Å². The van der Waals surface area contributed by atoms with Crippen LogP contribution in [-0.4, -0.2) is 5.01 Å². The summed E-state index contributed by atoms with van der Waals surface area (Å²) >= 11 is 3.58. The highest BCUT2D eigenvalue weighted by atomic mass is 79.9. The molecule has 1 nitrogen and oxygen atoms in total. The van der Waals surface area contributed by atoms with Crippen molar-refractivity contribution in [1.82, 2.24) is 0 Å². The number of rotatable bonds is 5. The van der Waals surface area contributed by atoms with E-state index in [0.717, 1.165) is 16.7 Å². The lowest BCUT2D eigenvalue weighted by Gasteiger charge is -2.37. The summed E-state index contributed by atoms with van der Waals surface area (Å²) in [5.74, 6) is 0. The lowest BCUT2D eigenvalue weighted by atomic mass is 9.80. The van der Waals surface area contributed by atoms with Gasteiger partial charge in [0.1, 0.15) is 10.6 Å². The van der Waals surface area contributed by atoms with E-state index in [1.807, 2.05) is 25.1 Å². The molecule has 0 saturated carbocycles. The molecule has 116 valence electrons. The molecule has 3 aromatic rings. The quantitative estimate of drug-likeness (QED) is 0.413. The lowest BCUT2D eigenvalue weighted by molar-refractivity contribution is 0.00691. The van der Waals surface area contributed by atoms with E-state index >= 15 is 0 Å². The Morgan fingerprint density at radius 2 is 0.957 bits per heavy atom. The van der Waals surface area contributed by atoms with Crippen molar-refractivity contribution in [3.63, 3.8) is 0 Å². The van der Waals surface area contributed by atoms with Crippen LogP contribution in [0.1, 0.15) is 23.6 Å². The molecule has 0 aliphatic heterocycles. The maximum Gasteiger partial charge on any atom is 0.145 e. The molecule has 0 bridgehead atoms. The second-order valence-corrected chi connectivity index (χ2v) is 6.73. The van der Waals surface area contributed by atoms with Crippen molar-refractivity contribution in [3.8, 4) is 0 Å². The molecule has 2 heteroatoms. The molecule has 0 spiro atoms. The summed E-state index contributed by atoms with van der Waals surface area (Å²) < 4.78 is 6.51. The van der Waals surface area contributed by atoms with Gasteiger partial charge in [0.2, 0.25) is 0 Å². The summed E-state index contributed by atoms with van der Waals surface area (Å²) in [6, 6.07) is 31.1. The molecule has 23 heavy (non-hydrogen) atoms. The molecule has 0 amide bonds. The first-order valence-electron chi connectivity index (χ1n) is 7.72.